The van der Waals surface area contributed by atoms with Gasteiger partial charge in [0.15, 0.2) is 0 Å². The zero-order valence-corrected chi connectivity index (χ0v) is 10.4. The summed E-state index contributed by atoms with van der Waals surface area (Å²) in [6.07, 6.45) is 0.416. The predicted molar refractivity (Wildman–Crippen MR) is 60.4 cm³/mol. The third kappa shape index (κ3) is 6.63. The topological polar surface area (TPSA) is 64.6 Å². The summed E-state index contributed by atoms with van der Waals surface area (Å²) in [6.45, 7) is 4.05. The molecule has 16 heavy (non-hydrogen) atoms. The van der Waals surface area contributed by atoms with E-state index in [-0.39, 0.29) is 6.54 Å². The Morgan fingerprint density at radius 2 is 1.88 bits per heavy atom. The van der Waals surface area contributed by atoms with Crippen LogP contribution in [0.4, 0.5) is 0 Å². The number of carbonyl (C=O) groups excluding carboxylic acids is 2. The number of rotatable bonds is 8. The molecule has 0 aliphatic rings. The van der Waals surface area contributed by atoms with E-state index in [1.165, 1.54) is 0 Å². The van der Waals surface area contributed by atoms with Gasteiger partial charge in [-0.15, -0.1) is 11.6 Å². The third-order valence-corrected chi connectivity index (χ3v) is 1.99. The second kappa shape index (κ2) is 9.42. The van der Waals surface area contributed by atoms with Gasteiger partial charge in [0.2, 0.25) is 0 Å². The molecule has 1 atom stereocenters. The van der Waals surface area contributed by atoms with Crippen LogP contribution in [-0.4, -0.2) is 43.6 Å². The SMILES string of the molecule is CCOC(=O)CN[C@@H](CCCl)C(=O)OCC. The van der Waals surface area contributed by atoms with Gasteiger partial charge in [0, 0.05) is 5.88 Å². The highest BCUT2D eigenvalue weighted by Crippen LogP contribution is 1.98. The van der Waals surface area contributed by atoms with Crippen molar-refractivity contribution in [2.75, 3.05) is 25.6 Å². The van der Waals surface area contributed by atoms with Crippen molar-refractivity contribution in [1.82, 2.24) is 5.32 Å². The average Bonchev–Trinajstić information content (AvgIpc) is 2.24. The average molecular weight is 252 g/mol. The Balaban J connectivity index is 4.02. The molecule has 6 heteroatoms. The van der Waals surface area contributed by atoms with E-state index < -0.39 is 18.0 Å². The monoisotopic (exact) mass is 251 g/mol. The Morgan fingerprint density at radius 1 is 1.25 bits per heavy atom. The molecule has 0 saturated heterocycles. The number of hydrogen-bond donors (Lipinski definition) is 1. The number of halogens is 1. The summed E-state index contributed by atoms with van der Waals surface area (Å²) in [6, 6.07) is -0.554. The van der Waals surface area contributed by atoms with E-state index >= 15 is 0 Å². The van der Waals surface area contributed by atoms with Crippen LogP contribution in [0.2, 0.25) is 0 Å². The molecule has 1 N–H and O–H groups in total. The van der Waals surface area contributed by atoms with E-state index in [2.05, 4.69) is 5.32 Å². The van der Waals surface area contributed by atoms with Crippen molar-refractivity contribution >= 4 is 23.5 Å². The maximum absolute atomic E-state index is 11.4. The van der Waals surface area contributed by atoms with Crippen molar-refractivity contribution < 1.29 is 19.1 Å². The molecule has 0 rings (SSSR count). The third-order valence-electron chi connectivity index (χ3n) is 1.77. The molecule has 0 bridgehead atoms. The van der Waals surface area contributed by atoms with Crippen molar-refractivity contribution in [3.05, 3.63) is 0 Å². The lowest BCUT2D eigenvalue weighted by molar-refractivity contribution is -0.146. The smallest absolute Gasteiger partial charge is 0.323 e. The van der Waals surface area contributed by atoms with Gasteiger partial charge in [-0.3, -0.25) is 14.9 Å². The van der Waals surface area contributed by atoms with E-state index in [1.54, 1.807) is 13.8 Å². The molecule has 0 fully saturated rings. The lowest BCUT2D eigenvalue weighted by Crippen LogP contribution is -2.41. The Labute approximate surface area is 100 Å². The van der Waals surface area contributed by atoms with Gasteiger partial charge in [0.25, 0.3) is 0 Å². The standard InChI is InChI=1S/C10H18ClNO4/c1-3-15-9(13)7-12-8(5-6-11)10(14)16-4-2/h8,12H,3-7H2,1-2H3/t8-/m0/s1. The summed E-state index contributed by atoms with van der Waals surface area (Å²) in [5, 5.41) is 2.76. The Hall–Kier alpha value is -0.810. The molecule has 0 aliphatic carbocycles. The first-order chi connectivity index (χ1) is 7.65. The number of hydrogen-bond acceptors (Lipinski definition) is 5. The molecule has 0 aromatic carbocycles. The molecule has 0 saturated carbocycles. The molecule has 0 aromatic rings. The van der Waals surface area contributed by atoms with Crippen LogP contribution in [0.5, 0.6) is 0 Å². The van der Waals surface area contributed by atoms with Gasteiger partial charge in [-0.1, -0.05) is 0 Å². The molecule has 5 nitrogen and oxygen atoms in total. The lowest BCUT2D eigenvalue weighted by Gasteiger charge is -2.15. The van der Waals surface area contributed by atoms with Crippen molar-refractivity contribution in [3.8, 4) is 0 Å². The number of esters is 2. The molecule has 0 aliphatic heterocycles. The highest BCUT2D eigenvalue weighted by molar-refractivity contribution is 6.18. The van der Waals surface area contributed by atoms with E-state index in [1.807, 2.05) is 0 Å². The Morgan fingerprint density at radius 3 is 2.38 bits per heavy atom. The van der Waals surface area contributed by atoms with Crippen LogP contribution in [0.3, 0.4) is 0 Å². The maximum Gasteiger partial charge on any atom is 0.323 e. The van der Waals surface area contributed by atoms with Gasteiger partial charge in [-0.25, -0.2) is 0 Å². The number of carbonyl (C=O) groups is 2. The minimum atomic E-state index is -0.554. The van der Waals surface area contributed by atoms with Crippen molar-refractivity contribution in [1.29, 1.82) is 0 Å². The highest BCUT2D eigenvalue weighted by Gasteiger charge is 2.19. The summed E-state index contributed by atoms with van der Waals surface area (Å²) in [5.41, 5.74) is 0. The minimum absolute atomic E-state index is 0.0196. The molecule has 0 heterocycles. The molecule has 0 aromatic heterocycles. The fourth-order valence-corrected chi connectivity index (χ4v) is 1.29. The number of nitrogens with one attached hydrogen (secondary N) is 1. The summed E-state index contributed by atoms with van der Waals surface area (Å²) >= 11 is 5.55. The van der Waals surface area contributed by atoms with Gasteiger partial charge in [0.1, 0.15) is 6.04 Å². The maximum atomic E-state index is 11.4. The first-order valence-electron chi connectivity index (χ1n) is 5.27. The zero-order valence-electron chi connectivity index (χ0n) is 9.62. The van der Waals surface area contributed by atoms with Crippen molar-refractivity contribution in [2.24, 2.45) is 0 Å². The van der Waals surface area contributed by atoms with Gasteiger partial charge >= 0.3 is 11.9 Å². The fourth-order valence-electron chi connectivity index (χ4n) is 1.07. The van der Waals surface area contributed by atoms with E-state index in [4.69, 9.17) is 21.1 Å². The van der Waals surface area contributed by atoms with Gasteiger partial charge in [0.05, 0.1) is 19.8 Å². The molecule has 0 spiro atoms. The quantitative estimate of drug-likeness (QED) is 0.508. The first kappa shape index (κ1) is 15.2. The van der Waals surface area contributed by atoms with Crippen LogP contribution < -0.4 is 5.32 Å². The lowest BCUT2D eigenvalue weighted by atomic mass is 10.2. The van der Waals surface area contributed by atoms with Crippen LogP contribution in [0.15, 0.2) is 0 Å². The van der Waals surface area contributed by atoms with Crippen LogP contribution in [0, 0.1) is 0 Å². The highest BCUT2D eigenvalue weighted by atomic mass is 35.5. The number of alkyl halides is 1. The summed E-state index contributed by atoms with van der Waals surface area (Å²) in [7, 11) is 0. The van der Waals surface area contributed by atoms with E-state index in [0.29, 0.717) is 25.5 Å². The summed E-state index contributed by atoms with van der Waals surface area (Å²) < 4.78 is 9.56. The fraction of sp³-hybridized carbons (Fsp3) is 0.800. The summed E-state index contributed by atoms with van der Waals surface area (Å²) in [5.74, 6) is -0.474. The Bertz CT molecular complexity index is 223. The Kier molecular flexibility index (Phi) is 8.94. The van der Waals surface area contributed by atoms with Gasteiger partial charge in [-0.05, 0) is 20.3 Å². The van der Waals surface area contributed by atoms with Crippen LogP contribution in [0.1, 0.15) is 20.3 Å². The van der Waals surface area contributed by atoms with Crippen LogP contribution >= 0.6 is 11.6 Å². The van der Waals surface area contributed by atoms with Crippen LogP contribution in [-0.2, 0) is 19.1 Å². The number of ether oxygens (including phenoxy) is 2. The minimum Gasteiger partial charge on any atom is -0.465 e. The predicted octanol–water partition coefficient (Wildman–Crippen LogP) is 0.700. The van der Waals surface area contributed by atoms with Gasteiger partial charge in [-0.2, -0.15) is 0 Å². The normalized spacial score (nSPS) is 11.9. The summed E-state index contributed by atoms with van der Waals surface area (Å²) in [4.78, 5) is 22.5. The van der Waals surface area contributed by atoms with Crippen LogP contribution in [0.25, 0.3) is 0 Å². The molecule has 94 valence electrons. The molecule has 0 amide bonds. The van der Waals surface area contributed by atoms with E-state index in [0.717, 1.165) is 0 Å². The first-order valence-corrected chi connectivity index (χ1v) is 5.80. The largest absolute Gasteiger partial charge is 0.465 e. The zero-order chi connectivity index (χ0) is 12.4. The molecular weight excluding hydrogens is 234 g/mol. The molecule has 0 unspecified atom stereocenters. The van der Waals surface area contributed by atoms with Gasteiger partial charge < -0.3 is 9.47 Å². The van der Waals surface area contributed by atoms with Crippen molar-refractivity contribution in [3.63, 3.8) is 0 Å². The molecular formula is C10H18ClNO4. The second-order valence-corrected chi connectivity index (χ2v) is 3.35. The second-order valence-electron chi connectivity index (χ2n) is 2.97. The molecule has 0 radical (unpaired) electrons. The van der Waals surface area contributed by atoms with Crippen molar-refractivity contribution in [2.45, 2.75) is 26.3 Å². The van der Waals surface area contributed by atoms with E-state index in [9.17, 15) is 9.59 Å².